The number of amides is 2. The molecule has 0 aliphatic rings. The van der Waals surface area contributed by atoms with Crippen molar-refractivity contribution in [2.45, 2.75) is 6.92 Å². The molecule has 4 aromatic rings. The highest BCUT2D eigenvalue weighted by Crippen LogP contribution is 2.17. The maximum atomic E-state index is 12.5. The molecular weight excluding hydrogens is 400 g/mol. The van der Waals surface area contributed by atoms with E-state index in [1.807, 2.05) is 73.7 Å². The van der Waals surface area contributed by atoms with Crippen LogP contribution in [0.3, 0.4) is 0 Å². The van der Waals surface area contributed by atoms with Gasteiger partial charge in [-0.2, -0.15) is 5.10 Å². The number of benzene rings is 3. The number of rotatable bonds is 6. The van der Waals surface area contributed by atoms with Crippen LogP contribution < -0.4 is 10.7 Å². The molecule has 158 valence electrons. The fourth-order valence-electron chi connectivity index (χ4n) is 3.23. The third kappa shape index (κ3) is 4.99. The molecule has 3 N–H and O–H groups in total. The summed E-state index contributed by atoms with van der Waals surface area (Å²) in [5, 5.41) is 7.89. The number of H-pyrrole nitrogens is 1. The first-order chi connectivity index (χ1) is 15.6. The Morgan fingerprint density at radius 1 is 0.906 bits per heavy atom. The smallest absolute Gasteiger partial charge is 0.273 e. The molecule has 6 nitrogen and oxygen atoms in total. The lowest BCUT2D eigenvalue weighted by Gasteiger charge is -2.05. The summed E-state index contributed by atoms with van der Waals surface area (Å²) in [7, 11) is 0. The van der Waals surface area contributed by atoms with Crippen molar-refractivity contribution in [3.63, 3.8) is 0 Å². The van der Waals surface area contributed by atoms with Gasteiger partial charge >= 0.3 is 0 Å². The van der Waals surface area contributed by atoms with E-state index in [0.717, 1.165) is 22.0 Å². The minimum atomic E-state index is -0.282. The normalized spacial score (nSPS) is 11.6. The number of carbonyl (C=O) groups is 2. The van der Waals surface area contributed by atoms with Crippen LogP contribution in [0.15, 0.2) is 96.2 Å². The average molecular weight is 422 g/mol. The van der Waals surface area contributed by atoms with E-state index < -0.39 is 0 Å². The van der Waals surface area contributed by atoms with Crippen LogP contribution in [0, 0.1) is 0 Å². The number of anilines is 1. The number of hydrogen-bond acceptors (Lipinski definition) is 3. The van der Waals surface area contributed by atoms with Gasteiger partial charge in [0.25, 0.3) is 5.91 Å². The number of carbonyl (C=O) groups excluding carboxylic acids is 2. The lowest BCUT2D eigenvalue weighted by atomic mass is 10.1. The van der Waals surface area contributed by atoms with Gasteiger partial charge in [0.15, 0.2) is 0 Å². The Kier molecular flexibility index (Phi) is 6.22. The molecule has 4 rings (SSSR count). The van der Waals surface area contributed by atoms with Crippen molar-refractivity contribution >= 4 is 40.2 Å². The summed E-state index contributed by atoms with van der Waals surface area (Å²) in [6, 6.07) is 24.5. The molecule has 0 fully saturated rings. The van der Waals surface area contributed by atoms with Gasteiger partial charge in [-0.25, -0.2) is 5.43 Å². The molecule has 0 radical (unpaired) electrons. The molecule has 3 aromatic carbocycles. The van der Waals surface area contributed by atoms with Crippen molar-refractivity contribution in [1.29, 1.82) is 0 Å². The van der Waals surface area contributed by atoms with Crippen LogP contribution >= 0.6 is 0 Å². The van der Waals surface area contributed by atoms with Crippen molar-refractivity contribution in [3.05, 3.63) is 108 Å². The first kappa shape index (κ1) is 20.8. The number of nitrogens with one attached hydrogen (secondary N) is 3. The Bertz CT molecular complexity index is 1300. The molecule has 0 aliphatic heterocycles. The van der Waals surface area contributed by atoms with E-state index in [1.54, 1.807) is 24.4 Å². The number of nitrogens with zero attached hydrogens (tertiary/aromatic N) is 1. The van der Waals surface area contributed by atoms with Gasteiger partial charge in [-0.1, -0.05) is 60.7 Å². The van der Waals surface area contributed by atoms with Crippen LogP contribution in [-0.4, -0.2) is 22.5 Å². The van der Waals surface area contributed by atoms with Crippen molar-refractivity contribution in [2.24, 2.45) is 5.10 Å². The van der Waals surface area contributed by atoms with E-state index >= 15 is 0 Å². The van der Waals surface area contributed by atoms with Gasteiger partial charge in [0.2, 0.25) is 5.91 Å². The van der Waals surface area contributed by atoms with E-state index in [4.69, 9.17) is 0 Å². The van der Waals surface area contributed by atoms with Crippen molar-refractivity contribution in [1.82, 2.24) is 10.4 Å². The number of hydrogen-bond donors (Lipinski definition) is 3. The quantitative estimate of drug-likeness (QED) is 0.233. The first-order valence-electron chi connectivity index (χ1n) is 10.2. The second-order valence-corrected chi connectivity index (χ2v) is 7.20. The number of hydrazone groups is 1. The summed E-state index contributed by atoms with van der Waals surface area (Å²) in [4.78, 5) is 27.7. The molecule has 0 saturated heterocycles. The van der Waals surface area contributed by atoms with Gasteiger partial charge in [0.1, 0.15) is 0 Å². The van der Waals surface area contributed by atoms with E-state index in [-0.39, 0.29) is 11.8 Å². The van der Waals surface area contributed by atoms with Gasteiger partial charge < -0.3 is 10.3 Å². The zero-order chi connectivity index (χ0) is 22.3. The Balaban J connectivity index is 1.36. The lowest BCUT2D eigenvalue weighted by molar-refractivity contribution is -0.111. The summed E-state index contributed by atoms with van der Waals surface area (Å²) >= 11 is 0. The standard InChI is InChI=1S/C26H22N4O2/c1-18(29-30-26(32)23-17-27-24-10-6-5-9-22(23)24)20-12-14-21(15-13-20)28-25(31)16-11-19-7-3-2-4-8-19/h2-17,27H,1H3,(H,28,31)(H,30,32)/b16-11+,29-18-. The predicted molar refractivity (Wildman–Crippen MR) is 129 cm³/mol. The fraction of sp³-hybridized carbons (Fsp3) is 0.0385. The van der Waals surface area contributed by atoms with Gasteiger partial charge in [0.05, 0.1) is 11.3 Å². The van der Waals surface area contributed by atoms with E-state index in [2.05, 4.69) is 20.8 Å². The monoisotopic (exact) mass is 422 g/mol. The summed E-state index contributed by atoms with van der Waals surface area (Å²) in [5.74, 6) is -0.492. The fourth-order valence-corrected chi connectivity index (χ4v) is 3.23. The number of para-hydroxylation sites is 1. The second-order valence-electron chi connectivity index (χ2n) is 7.20. The molecule has 0 unspecified atom stereocenters. The highest BCUT2D eigenvalue weighted by atomic mass is 16.2. The molecule has 1 heterocycles. The lowest BCUT2D eigenvalue weighted by Crippen LogP contribution is -2.19. The third-order valence-corrected chi connectivity index (χ3v) is 4.96. The summed E-state index contributed by atoms with van der Waals surface area (Å²) in [6.45, 7) is 1.81. The highest BCUT2D eigenvalue weighted by Gasteiger charge is 2.11. The van der Waals surface area contributed by atoms with E-state index in [1.165, 1.54) is 6.08 Å². The third-order valence-electron chi connectivity index (χ3n) is 4.96. The van der Waals surface area contributed by atoms with Crippen molar-refractivity contribution in [2.75, 3.05) is 5.32 Å². The molecule has 0 spiro atoms. The van der Waals surface area contributed by atoms with Crippen LogP contribution in [0.25, 0.3) is 17.0 Å². The zero-order valence-electron chi connectivity index (χ0n) is 17.5. The number of aromatic nitrogens is 1. The van der Waals surface area contributed by atoms with Gasteiger partial charge in [-0.3, -0.25) is 9.59 Å². The van der Waals surface area contributed by atoms with Crippen LogP contribution in [0.2, 0.25) is 0 Å². The SMILES string of the molecule is C/C(=N/NC(=O)c1c[nH]c2ccccc12)c1ccc(NC(=O)/C=C/c2ccccc2)cc1. The Morgan fingerprint density at radius 2 is 1.62 bits per heavy atom. The number of aromatic amines is 1. The highest BCUT2D eigenvalue weighted by molar-refractivity contribution is 6.08. The van der Waals surface area contributed by atoms with Gasteiger partial charge in [-0.15, -0.1) is 0 Å². The minimum Gasteiger partial charge on any atom is -0.360 e. The molecule has 2 amide bonds. The van der Waals surface area contributed by atoms with Gasteiger partial charge in [-0.05, 0) is 42.3 Å². The summed E-state index contributed by atoms with van der Waals surface area (Å²) < 4.78 is 0. The average Bonchev–Trinajstić information content (AvgIpc) is 3.26. The Hall–Kier alpha value is -4.45. The number of fused-ring (bicyclic) bond motifs is 1. The molecule has 0 aliphatic carbocycles. The molecule has 0 saturated carbocycles. The van der Waals surface area contributed by atoms with Gasteiger partial charge in [0, 0.05) is 28.9 Å². The molecule has 6 heteroatoms. The van der Waals surface area contributed by atoms with E-state index in [0.29, 0.717) is 17.0 Å². The largest absolute Gasteiger partial charge is 0.360 e. The molecule has 1 aromatic heterocycles. The molecule has 0 atom stereocenters. The maximum absolute atomic E-state index is 12.5. The first-order valence-corrected chi connectivity index (χ1v) is 10.2. The zero-order valence-corrected chi connectivity index (χ0v) is 17.5. The summed E-state index contributed by atoms with van der Waals surface area (Å²) in [6.07, 6.45) is 4.93. The maximum Gasteiger partial charge on any atom is 0.273 e. The molecular formula is C26H22N4O2. The predicted octanol–water partition coefficient (Wildman–Crippen LogP) is 4.97. The van der Waals surface area contributed by atoms with E-state index in [9.17, 15) is 9.59 Å². The topological polar surface area (TPSA) is 86.3 Å². The molecule has 0 bridgehead atoms. The Morgan fingerprint density at radius 3 is 2.41 bits per heavy atom. The summed E-state index contributed by atoms with van der Waals surface area (Å²) in [5.41, 5.74) is 7.16. The van der Waals surface area contributed by atoms with Crippen LogP contribution in [0.1, 0.15) is 28.4 Å². The Labute approximate surface area is 185 Å². The molecule has 32 heavy (non-hydrogen) atoms. The minimum absolute atomic E-state index is 0.210. The van der Waals surface area contributed by atoms with Crippen molar-refractivity contribution < 1.29 is 9.59 Å². The second kappa shape index (κ2) is 9.57. The van der Waals surface area contributed by atoms with Crippen molar-refractivity contribution in [3.8, 4) is 0 Å². The van der Waals surface area contributed by atoms with Crippen LogP contribution in [0.4, 0.5) is 5.69 Å². The van der Waals surface area contributed by atoms with Crippen LogP contribution in [0.5, 0.6) is 0 Å². The van der Waals surface area contributed by atoms with Crippen LogP contribution in [-0.2, 0) is 4.79 Å².